The first-order valence-corrected chi connectivity index (χ1v) is 4.28. The van der Waals surface area contributed by atoms with Crippen LogP contribution in [-0.4, -0.2) is 5.71 Å². The van der Waals surface area contributed by atoms with E-state index in [9.17, 15) is 0 Å². The summed E-state index contributed by atoms with van der Waals surface area (Å²) < 4.78 is 0. The lowest BCUT2D eigenvalue weighted by atomic mass is 10.2. The van der Waals surface area contributed by atoms with Crippen LogP contribution in [0, 0.1) is 0 Å². The molecule has 2 heteroatoms. The van der Waals surface area contributed by atoms with E-state index in [-0.39, 0.29) is 0 Å². The lowest BCUT2D eigenvalue weighted by Gasteiger charge is -1.99. The first-order valence-electron chi connectivity index (χ1n) is 4.28. The van der Waals surface area contributed by atoms with Crippen molar-refractivity contribution in [2.24, 2.45) is 5.16 Å². The Morgan fingerprint density at radius 1 is 1.29 bits per heavy atom. The van der Waals surface area contributed by atoms with Gasteiger partial charge in [-0.3, -0.25) is 0 Å². The monoisotopic (exact) mass is 183 g/mol. The standard InChI is InChI=1S/C12H9NO/c1-2-5-11-9-8-10-6-3-4-7-12(10)14-13-11/h3-9H,1H2. The number of allylic oxidation sites excluding steroid dienone is 2. The Kier molecular flexibility index (Phi) is 2.30. The third-order valence-electron chi connectivity index (χ3n) is 1.85. The predicted octanol–water partition coefficient (Wildman–Crippen LogP) is 2.79. The van der Waals surface area contributed by atoms with Crippen LogP contribution in [0.1, 0.15) is 5.56 Å². The van der Waals surface area contributed by atoms with Gasteiger partial charge in [0.25, 0.3) is 0 Å². The fourth-order valence-electron chi connectivity index (χ4n) is 1.19. The lowest BCUT2D eigenvalue weighted by Crippen LogP contribution is -1.89. The number of oxime groups is 1. The van der Waals surface area contributed by atoms with Gasteiger partial charge in [0.2, 0.25) is 0 Å². The molecule has 0 spiro atoms. The molecule has 0 saturated carbocycles. The molecule has 1 aromatic carbocycles. The van der Waals surface area contributed by atoms with E-state index < -0.39 is 0 Å². The Labute approximate surface area is 82.5 Å². The van der Waals surface area contributed by atoms with Gasteiger partial charge >= 0.3 is 0 Å². The molecule has 0 fully saturated rings. The van der Waals surface area contributed by atoms with Crippen LogP contribution in [0.4, 0.5) is 0 Å². The summed E-state index contributed by atoms with van der Waals surface area (Å²) in [5.41, 5.74) is 4.38. The van der Waals surface area contributed by atoms with Crippen molar-refractivity contribution < 1.29 is 4.84 Å². The van der Waals surface area contributed by atoms with Crippen molar-refractivity contribution in [1.82, 2.24) is 0 Å². The zero-order valence-corrected chi connectivity index (χ0v) is 7.60. The average molecular weight is 183 g/mol. The van der Waals surface area contributed by atoms with Crippen LogP contribution in [-0.2, 0) is 0 Å². The summed E-state index contributed by atoms with van der Waals surface area (Å²) in [7, 11) is 0. The number of fused-ring (bicyclic) bond motifs is 1. The summed E-state index contributed by atoms with van der Waals surface area (Å²) in [6.45, 7) is 3.48. The third kappa shape index (κ3) is 1.65. The molecule has 1 aliphatic heterocycles. The first-order chi connectivity index (χ1) is 6.90. The molecule has 0 saturated heterocycles. The van der Waals surface area contributed by atoms with E-state index in [0.29, 0.717) is 5.71 Å². The van der Waals surface area contributed by atoms with Gasteiger partial charge < -0.3 is 4.84 Å². The van der Waals surface area contributed by atoms with Crippen molar-refractivity contribution in [3.63, 3.8) is 0 Å². The molecule has 14 heavy (non-hydrogen) atoms. The van der Waals surface area contributed by atoms with Crippen LogP contribution in [0.15, 0.2) is 53.9 Å². The molecule has 0 N–H and O–H groups in total. The summed E-state index contributed by atoms with van der Waals surface area (Å²) in [5, 5.41) is 3.93. The molecule has 1 heterocycles. The molecule has 0 aliphatic carbocycles. The minimum Gasteiger partial charge on any atom is -0.356 e. The Balaban J connectivity index is 2.40. The Bertz CT molecular complexity index is 451. The maximum absolute atomic E-state index is 5.24. The van der Waals surface area contributed by atoms with Crippen LogP contribution < -0.4 is 4.84 Å². The zero-order chi connectivity index (χ0) is 9.80. The van der Waals surface area contributed by atoms with Crippen LogP contribution in [0.5, 0.6) is 5.75 Å². The second-order valence-corrected chi connectivity index (χ2v) is 2.83. The quantitative estimate of drug-likeness (QED) is 0.613. The fraction of sp³-hybridized carbons (Fsp3) is 0. The van der Waals surface area contributed by atoms with Crippen molar-refractivity contribution in [2.75, 3.05) is 0 Å². The smallest absolute Gasteiger partial charge is 0.165 e. The molecule has 1 aliphatic rings. The summed E-state index contributed by atoms with van der Waals surface area (Å²) in [5.74, 6) is 0.760. The molecular formula is C12H9NO. The molecule has 0 bridgehead atoms. The number of hydrogen-bond acceptors (Lipinski definition) is 2. The van der Waals surface area contributed by atoms with Gasteiger partial charge in [0.1, 0.15) is 5.71 Å². The maximum Gasteiger partial charge on any atom is 0.165 e. The third-order valence-corrected chi connectivity index (χ3v) is 1.85. The fourth-order valence-corrected chi connectivity index (χ4v) is 1.19. The summed E-state index contributed by atoms with van der Waals surface area (Å²) >= 11 is 0. The molecule has 68 valence electrons. The van der Waals surface area contributed by atoms with E-state index in [1.165, 1.54) is 0 Å². The van der Waals surface area contributed by atoms with Gasteiger partial charge in [0, 0.05) is 11.6 Å². The van der Waals surface area contributed by atoms with Crippen LogP contribution in [0.2, 0.25) is 0 Å². The van der Waals surface area contributed by atoms with Crippen LogP contribution >= 0.6 is 0 Å². The molecule has 0 aromatic heterocycles. The number of nitrogens with zero attached hydrogens (tertiary/aromatic N) is 1. The molecule has 2 rings (SSSR count). The van der Waals surface area contributed by atoms with Gasteiger partial charge in [-0.1, -0.05) is 29.9 Å². The van der Waals surface area contributed by atoms with Crippen molar-refractivity contribution in [3.8, 4) is 5.75 Å². The first kappa shape index (κ1) is 8.54. The number of rotatable bonds is 1. The highest BCUT2D eigenvalue weighted by atomic mass is 16.6. The highest BCUT2D eigenvalue weighted by Crippen LogP contribution is 2.21. The highest BCUT2D eigenvalue weighted by Gasteiger charge is 2.03. The molecular weight excluding hydrogens is 174 g/mol. The van der Waals surface area contributed by atoms with E-state index in [1.54, 1.807) is 6.08 Å². The van der Waals surface area contributed by atoms with Gasteiger partial charge in [0.05, 0.1) is 0 Å². The second kappa shape index (κ2) is 3.77. The van der Waals surface area contributed by atoms with Gasteiger partial charge in [0.15, 0.2) is 5.75 Å². The Morgan fingerprint density at radius 3 is 3.00 bits per heavy atom. The minimum absolute atomic E-state index is 0.705. The van der Waals surface area contributed by atoms with Crippen molar-refractivity contribution in [2.45, 2.75) is 0 Å². The molecule has 0 amide bonds. The maximum atomic E-state index is 5.24. The number of para-hydroxylation sites is 1. The molecule has 2 nitrogen and oxygen atoms in total. The van der Waals surface area contributed by atoms with Crippen molar-refractivity contribution in [3.05, 3.63) is 54.3 Å². The van der Waals surface area contributed by atoms with Crippen molar-refractivity contribution in [1.29, 1.82) is 0 Å². The minimum atomic E-state index is 0.705. The Hall–Kier alpha value is -2.05. The summed E-state index contributed by atoms with van der Waals surface area (Å²) in [6, 6.07) is 7.73. The SMILES string of the molecule is C=C=CC1=NOc2ccccc2C=C1. The molecule has 0 atom stereocenters. The van der Waals surface area contributed by atoms with E-state index >= 15 is 0 Å². The van der Waals surface area contributed by atoms with Gasteiger partial charge in [-0.15, -0.1) is 5.73 Å². The highest BCUT2D eigenvalue weighted by molar-refractivity contribution is 6.06. The van der Waals surface area contributed by atoms with Gasteiger partial charge in [-0.2, -0.15) is 0 Å². The van der Waals surface area contributed by atoms with E-state index in [4.69, 9.17) is 4.84 Å². The predicted molar refractivity (Wildman–Crippen MR) is 57.2 cm³/mol. The van der Waals surface area contributed by atoms with E-state index in [0.717, 1.165) is 11.3 Å². The molecule has 1 aromatic rings. The topological polar surface area (TPSA) is 21.6 Å². The Morgan fingerprint density at radius 2 is 2.14 bits per heavy atom. The normalized spacial score (nSPS) is 13.0. The lowest BCUT2D eigenvalue weighted by molar-refractivity contribution is 0.342. The molecule has 0 radical (unpaired) electrons. The van der Waals surface area contributed by atoms with E-state index in [2.05, 4.69) is 17.5 Å². The second-order valence-electron chi connectivity index (χ2n) is 2.83. The number of benzene rings is 1. The van der Waals surface area contributed by atoms with E-state index in [1.807, 2.05) is 36.4 Å². The summed E-state index contributed by atoms with van der Waals surface area (Å²) in [6.07, 6.45) is 5.49. The average Bonchev–Trinajstić information content (AvgIpc) is 2.42. The molecule has 0 unspecified atom stereocenters. The zero-order valence-electron chi connectivity index (χ0n) is 7.60. The largest absolute Gasteiger partial charge is 0.356 e. The van der Waals surface area contributed by atoms with Crippen molar-refractivity contribution >= 4 is 11.8 Å². The number of hydrogen-bond donors (Lipinski definition) is 0. The summed E-state index contributed by atoms with van der Waals surface area (Å²) in [4.78, 5) is 5.24. The van der Waals surface area contributed by atoms with Gasteiger partial charge in [-0.05, 0) is 18.2 Å². The van der Waals surface area contributed by atoms with Gasteiger partial charge in [-0.25, -0.2) is 0 Å². The van der Waals surface area contributed by atoms with Crippen LogP contribution in [0.25, 0.3) is 6.08 Å². The van der Waals surface area contributed by atoms with Crippen LogP contribution in [0.3, 0.4) is 0 Å².